The SMILES string of the molecule is CCn1nc(C)cc1C(=O)Nc1nc2cc(C(N)=O)cnc2n1C/C=C/Cn1c(NC(=O)c2cc(C)nn2CC)nc2cc(C(N)=O)cc(OCCCC(=O)NN(C)Cc3ccc(N)cc3)c21. The number of carbonyl (C=O) groups excluding carboxylic acids is 5. The number of imidazole rings is 2. The molecule has 7 aromatic rings. The summed E-state index contributed by atoms with van der Waals surface area (Å²) in [6, 6.07) is 15.2. The zero-order valence-corrected chi connectivity index (χ0v) is 37.7. The van der Waals surface area contributed by atoms with Gasteiger partial charge in [0.25, 0.3) is 11.8 Å². The van der Waals surface area contributed by atoms with Crippen molar-refractivity contribution in [1.29, 1.82) is 0 Å². The van der Waals surface area contributed by atoms with Crippen molar-refractivity contribution in [3.8, 4) is 5.75 Å². The average Bonchev–Trinajstić information content (AvgIpc) is 4.06. The number of allylic oxidation sites excluding steroid dienone is 2. The fourth-order valence-corrected chi connectivity index (χ4v) is 7.42. The predicted octanol–water partition coefficient (Wildman–Crippen LogP) is 3.69. The van der Waals surface area contributed by atoms with Gasteiger partial charge in [-0.2, -0.15) is 10.2 Å². The molecule has 0 atom stereocenters. The Labute approximate surface area is 384 Å². The molecule has 0 saturated heterocycles. The number of nitrogens with one attached hydrogen (secondary N) is 3. The molecule has 0 radical (unpaired) electrons. The number of aryl methyl sites for hydroxylation is 4. The van der Waals surface area contributed by atoms with Crippen molar-refractivity contribution in [3.05, 3.63) is 112 Å². The van der Waals surface area contributed by atoms with Gasteiger partial charge in [-0.05, 0) is 82.1 Å². The molecule has 22 nitrogen and oxygen atoms in total. The minimum absolute atomic E-state index is 0.0787. The summed E-state index contributed by atoms with van der Waals surface area (Å²) in [4.78, 5) is 78.7. The summed E-state index contributed by atoms with van der Waals surface area (Å²) < 4.78 is 12.8. The van der Waals surface area contributed by atoms with Crippen LogP contribution in [0.25, 0.3) is 22.2 Å². The number of nitrogens with two attached hydrogens (primary N) is 3. The number of benzene rings is 2. The highest BCUT2D eigenvalue weighted by molar-refractivity contribution is 6.05. The summed E-state index contributed by atoms with van der Waals surface area (Å²) in [5.74, 6) is -2.03. The van der Waals surface area contributed by atoms with Crippen molar-refractivity contribution in [2.45, 2.75) is 73.3 Å². The number of ether oxygens (including phenoxy) is 1. The summed E-state index contributed by atoms with van der Waals surface area (Å²) in [5, 5.41) is 16.3. The van der Waals surface area contributed by atoms with E-state index in [-0.39, 0.29) is 60.8 Å². The van der Waals surface area contributed by atoms with Crippen LogP contribution in [-0.2, 0) is 37.5 Å². The number of pyridine rings is 1. The van der Waals surface area contributed by atoms with Crippen molar-refractivity contribution >= 4 is 69.3 Å². The number of nitrogens with zero attached hydrogens (tertiary/aromatic N) is 10. The van der Waals surface area contributed by atoms with Gasteiger partial charge in [-0.25, -0.2) is 20.0 Å². The summed E-state index contributed by atoms with van der Waals surface area (Å²) in [7, 11) is 1.76. The van der Waals surface area contributed by atoms with E-state index in [9.17, 15) is 24.0 Å². The molecule has 348 valence electrons. The Morgan fingerprint density at radius 1 is 0.761 bits per heavy atom. The minimum Gasteiger partial charge on any atom is -0.491 e. The first kappa shape index (κ1) is 46.6. The maximum absolute atomic E-state index is 13.8. The van der Waals surface area contributed by atoms with Crippen LogP contribution < -0.4 is 38.0 Å². The summed E-state index contributed by atoms with van der Waals surface area (Å²) in [6.45, 7) is 9.02. The fraction of sp³-hybridized carbons (Fsp3) is 0.289. The van der Waals surface area contributed by atoms with Gasteiger partial charge in [0.05, 0.1) is 29.1 Å². The third kappa shape index (κ3) is 10.8. The van der Waals surface area contributed by atoms with E-state index in [2.05, 4.69) is 36.2 Å². The molecule has 5 amide bonds. The van der Waals surface area contributed by atoms with Gasteiger partial charge in [-0.15, -0.1) is 0 Å². The van der Waals surface area contributed by atoms with E-state index in [0.29, 0.717) is 76.7 Å². The average molecular weight is 913 g/mol. The van der Waals surface area contributed by atoms with E-state index in [0.717, 1.165) is 5.56 Å². The van der Waals surface area contributed by atoms with E-state index in [4.69, 9.17) is 26.9 Å². The third-order valence-corrected chi connectivity index (χ3v) is 10.5. The van der Waals surface area contributed by atoms with Crippen molar-refractivity contribution < 1.29 is 28.7 Å². The van der Waals surface area contributed by atoms with Crippen molar-refractivity contribution in [1.82, 2.24) is 54.1 Å². The van der Waals surface area contributed by atoms with Gasteiger partial charge >= 0.3 is 0 Å². The van der Waals surface area contributed by atoms with Gasteiger partial charge in [0.2, 0.25) is 29.6 Å². The molecule has 5 heterocycles. The highest BCUT2D eigenvalue weighted by Crippen LogP contribution is 2.32. The number of anilines is 3. The number of primary amides is 2. The number of hydrogen-bond acceptors (Lipinski definition) is 13. The Hall–Kier alpha value is -8.40. The molecular weight excluding hydrogens is 861 g/mol. The number of fused-ring (bicyclic) bond motifs is 2. The number of rotatable bonds is 20. The molecule has 5 aromatic heterocycles. The minimum atomic E-state index is -0.723. The van der Waals surface area contributed by atoms with Crippen molar-refractivity contribution in [3.63, 3.8) is 0 Å². The maximum Gasteiger partial charge on any atom is 0.276 e. The Balaban J connectivity index is 1.17. The van der Waals surface area contributed by atoms with Crippen LogP contribution in [0.3, 0.4) is 0 Å². The molecule has 67 heavy (non-hydrogen) atoms. The van der Waals surface area contributed by atoms with Crippen LogP contribution in [0, 0.1) is 13.8 Å². The van der Waals surface area contributed by atoms with Crippen LogP contribution >= 0.6 is 0 Å². The zero-order chi connectivity index (χ0) is 47.9. The Morgan fingerprint density at radius 3 is 1.93 bits per heavy atom. The molecule has 9 N–H and O–H groups in total. The lowest BCUT2D eigenvalue weighted by Gasteiger charge is -2.18. The number of hydrazine groups is 1. The zero-order valence-electron chi connectivity index (χ0n) is 37.7. The number of hydrogen-bond donors (Lipinski definition) is 6. The molecule has 0 aliphatic rings. The Morgan fingerprint density at radius 2 is 1.33 bits per heavy atom. The molecule has 0 spiro atoms. The fourth-order valence-electron chi connectivity index (χ4n) is 7.42. The molecule has 7 rings (SSSR count). The second kappa shape index (κ2) is 20.2. The first-order chi connectivity index (χ1) is 32.1. The van der Waals surface area contributed by atoms with E-state index >= 15 is 0 Å². The molecule has 0 saturated carbocycles. The molecule has 0 unspecified atom stereocenters. The molecule has 0 fully saturated rings. The molecule has 0 aliphatic heterocycles. The monoisotopic (exact) mass is 912 g/mol. The predicted molar refractivity (Wildman–Crippen MR) is 250 cm³/mol. The standard InChI is InChI=1S/C45H52N16O6/c1-6-60-34(19-26(3)54-60)42(65)52-44-50-32-21-29(39(47)63)23-36(67-18-10-11-37(62)56-57(5)25-28-12-14-31(46)15-13-28)38(32)58(44)16-8-9-17-59-41-33(22-30(24-49-41)40(48)64)51-45(59)53-43(66)35-20-27(4)55-61(35)7-2/h8-9,12-15,19-24H,6-7,10-11,16-18,25,46H2,1-5H3,(H2,47,63)(H2,48,64)(H,56,62)(H,50,52,65)(H,51,53,66)/b9-8+. The van der Waals surface area contributed by atoms with Gasteiger partial charge in [0, 0.05) is 63.6 Å². The van der Waals surface area contributed by atoms with Crippen molar-refractivity contribution in [2.24, 2.45) is 11.5 Å². The number of aromatic nitrogens is 9. The second-order valence-corrected chi connectivity index (χ2v) is 15.7. The molecule has 0 bridgehead atoms. The van der Waals surface area contributed by atoms with Gasteiger partial charge in [-0.3, -0.25) is 54.0 Å². The van der Waals surface area contributed by atoms with Crippen LogP contribution in [0.15, 0.2) is 72.9 Å². The van der Waals surface area contributed by atoms with E-state index in [1.165, 1.54) is 24.4 Å². The van der Waals surface area contributed by atoms with Crippen LogP contribution in [0.4, 0.5) is 17.6 Å². The van der Waals surface area contributed by atoms with E-state index < -0.39 is 23.6 Å². The van der Waals surface area contributed by atoms with Crippen LogP contribution in [-0.4, -0.2) is 91.8 Å². The molecule has 22 heteroatoms. The largest absolute Gasteiger partial charge is 0.491 e. The smallest absolute Gasteiger partial charge is 0.276 e. The first-order valence-electron chi connectivity index (χ1n) is 21.5. The Bertz CT molecular complexity index is 3030. The normalized spacial score (nSPS) is 11.5. The topological polar surface area (TPSA) is 296 Å². The molecular formula is C45H52N16O6. The quantitative estimate of drug-likeness (QED) is 0.0276. The van der Waals surface area contributed by atoms with Gasteiger partial charge in [0.15, 0.2) is 5.65 Å². The lowest BCUT2D eigenvalue weighted by Crippen LogP contribution is -2.38. The van der Waals surface area contributed by atoms with Gasteiger partial charge < -0.3 is 26.5 Å². The molecule has 0 aliphatic carbocycles. The third-order valence-electron chi connectivity index (χ3n) is 10.5. The maximum atomic E-state index is 13.8. The highest BCUT2D eigenvalue weighted by atomic mass is 16.5. The first-order valence-corrected chi connectivity index (χ1v) is 21.5. The van der Waals surface area contributed by atoms with Gasteiger partial charge in [0.1, 0.15) is 28.2 Å². The highest BCUT2D eigenvalue weighted by Gasteiger charge is 2.23. The second-order valence-electron chi connectivity index (χ2n) is 15.7. The molecule has 2 aromatic carbocycles. The summed E-state index contributed by atoms with van der Waals surface area (Å²) in [5.41, 5.74) is 25.2. The van der Waals surface area contributed by atoms with E-state index in [1.54, 1.807) is 80.8 Å². The summed E-state index contributed by atoms with van der Waals surface area (Å²) in [6.07, 6.45) is 5.38. The van der Waals surface area contributed by atoms with Crippen molar-refractivity contribution in [2.75, 3.05) is 30.0 Å². The number of carbonyl (C=O) groups is 5. The van der Waals surface area contributed by atoms with Gasteiger partial charge in [-0.1, -0.05) is 24.3 Å². The van der Waals surface area contributed by atoms with E-state index in [1.807, 2.05) is 26.0 Å². The summed E-state index contributed by atoms with van der Waals surface area (Å²) >= 11 is 0. The lowest BCUT2D eigenvalue weighted by molar-refractivity contribution is -0.125. The van der Waals surface area contributed by atoms with Crippen LogP contribution in [0.5, 0.6) is 5.75 Å². The number of nitrogen functional groups attached to an aromatic ring is 1. The van der Waals surface area contributed by atoms with Crippen LogP contribution in [0.1, 0.15) is 85.3 Å². The lowest BCUT2D eigenvalue weighted by atomic mass is 10.1. The Kier molecular flexibility index (Phi) is 14.0. The van der Waals surface area contributed by atoms with Crippen LogP contribution in [0.2, 0.25) is 0 Å². The number of amides is 5.